The van der Waals surface area contributed by atoms with Crippen LogP contribution in [-0.4, -0.2) is 16.4 Å². The number of allylic oxidation sites excluding steroid dienone is 5. The molecule has 4 heteroatoms. The van der Waals surface area contributed by atoms with E-state index < -0.39 is 5.60 Å². The van der Waals surface area contributed by atoms with Crippen molar-refractivity contribution in [3.63, 3.8) is 0 Å². The SMILES string of the molecule is CC(C=CC=CC1=CC(=O)C(C)(C)O1)=Cc1cc(Cl)c[nH]1. The molecule has 0 aromatic carbocycles. The van der Waals surface area contributed by atoms with Crippen molar-refractivity contribution in [2.24, 2.45) is 0 Å². The zero-order valence-corrected chi connectivity index (χ0v) is 13.1. The third-order valence-electron chi connectivity index (χ3n) is 3.02. The Balaban J connectivity index is 1.94. The van der Waals surface area contributed by atoms with Crippen LogP contribution in [0.4, 0.5) is 0 Å². The maximum absolute atomic E-state index is 11.6. The number of ether oxygens (including phenoxy) is 1. The lowest BCUT2D eigenvalue weighted by Gasteiger charge is -2.16. The van der Waals surface area contributed by atoms with Gasteiger partial charge in [0.15, 0.2) is 5.60 Å². The fourth-order valence-electron chi connectivity index (χ4n) is 1.88. The first kappa shape index (κ1) is 15.4. The summed E-state index contributed by atoms with van der Waals surface area (Å²) in [6.07, 6.45) is 12.8. The molecule has 0 radical (unpaired) electrons. The van der Waals surface area contributed by atoms with Crippen molar-refractivity contribution in [3.8, 4) is 0 Å². The molecule has 1 N–H and O–H groups in total. The summed E-state index contributed by atoms with van der Waals surface area (Å²) in [4.78, 5) is 14.6. The molecule has 21 heavy (non-hydrogen) atoms. The molecule has 0 unspecified atom stereocenters. The van der Waals surface area contributed by atoms with E-state index in [1.54, 1.807) is 26.1 Å². The number of halogens is 1. The number of hydrogen-bond acceptors (Lipinski definition) is 2. The lowest BCUT2D eigenvalue weighted by atomic mass is 10.1. The van der Waals surface area contributed by atoms with E-state index in [4.69, 9.17) is 16.3 Å². The molecule has 0 spiro atoms. The van der Waals surface area contributed by atoms with Crippen molar-refractivity contribution in [2.45, 2.75) is 26.4 Å². The van der Waals surface area contributed by atoms with E-state index in [-0.39, 0.29) is 5.78 Å². The number of carbonyl (C=O) groups excluding carboxylic acids is 1. The molecule has 0 aliphatic carbocycles. The minimum Gasteiger partial charge on any atom is -0.480 e. The summed E-state index contributed by atoms with van der Waals surface area (Å²) >= 11 is 5.84. The second kappa shape index (κ2) is 6.19. The van der Waals surface area contributed by atoms with Crippen LogP contribution < -0.4 is 0 Å². The van der Waals surface area contributed by atoms with Gasteiger partial charge in [-0.15, -0.1) is 0 Å². The Morgan fingerprint density at radius 1 is 1.38 bits per heavy atom. The molecule has 0 saturated carbocycles. The highest BCUT2D eigenvalue weighted by molar-refractivity contribution is 6.30. The Hall–Kier alpha value is -2.00. The normalized spacial score (nSPS) is 18.6. The van der Waals surface area contributed by atoms with Crippen LogP contribution in [0, 0.1) is 0 Å². The van der Waals surface area contributed by atoms with Gasteiger partial charge < -0.3 is 9.72 Å². The summed E-state index contributed by atoms with van der Waals surface area (Å²) in [5.41, 5.74) is 1.29. The smallest absolute Gasteiger partial charge is 0.202 e. The molecule has 0 bridgehead atoms. The number of hydrogen-bond donors (Lipinski definition) is 1. The zero-order valence-electron chi connectivity index (χ0n) is 12.3. The van der Waals surface area contributed by atoms with Gasteiger partial charge in [-0.05, 0) is 44.6 Å². The quantitative estimate of drug-likeness (QED) is 0.835. The van der Waals surface area contributed by atoms with Gasteiger partial charge in [0.25, 0.3) is 0 Å². The van der Waals surface area contributed by atoms with Crippen molar-refractivity contribution < 1.29 is 9.53 Å². The maximum Gasteiger partial charge on any atom is 0.202 e. The zero-order chi connectivity index (χ0) is 15.5. The minimum absolute atomic E-state index is 0.00849. The molecule has 2 rings (SSSR count). The summed E-state index contributed by atoms with van der Waals surface area (Å²) in [6.45, 7) is 5.52. The second-order valence-electron chi connectivity index (χ2n) is 5.40. The van der Waals surface area contributed by atoms with Crippen molar-refractivity contribution in [1.29, 1.82) is 0 Å². The van der Waals surface area contributed by atoms with Crippen LogP contribution in [0.15, 0.2) is 54.0 Å². The van der Waals surface area contributed by atoms with Crippen LogP contribution in [0.25, 0.3) is 6.08 Å². The third-order valence-corrected chi connectivity index (χ3v) is 3.24. The Labute approximate surface area is 129 Å². The van der Waals surface area contributed by atoms with E-state index in [0.717, 1.165) is 11.3 Å². The summed E-state index contributed by atoms with van der Waals surface area (Å²) in [5, 5.41) is 0.690. The van der Waals surface area contributed by atoms with Crippen LogP contribution in [0.1, 0.15) is 26.5 Å². The fourth-order valence-corrected chi connectivity index (χ4v) is 2.05. The summed E-state index contributed by atoms with van der Waals surface area (Å²) in [7, 11) is 0. The van der Waals surface area contributed by atoms with E-state index in [9.17, 15) is 4.79 Å². The highest BCUT2D eigenvalue weighted by Crippen LogP contribution is 2.24. The van der Waals surface area contributed by atoms with E-state index in [0.29, 0.717) is 10.8 Å². The molecule has 0 atom stereocenters. The van der Waals surface area contributed by atoms with Gasteiger partial charge in [0, 0.05) is 18.0 Å². The maximum atomic E-state index is 11.6. The highest BCUT2D eigenvalue weighted by atomic mass is 35.5. The molecule has 110 valence electrons. The molecule has 1 aliphatic rings. The predicted molar refractivity (Wildman–Crippen MR) is 86.0 cm³/mol. The number of aromatic nitrogens is 1. The predicted octanol–water partition coefficient (Wildman–Crippen LogP) is 4.45. The van der Waals surface area contributed by atoms with Crippen molar-refractivity contribution in [3.05, 3.63) is 64.7 Å². The first-order chi connectivity index (χ1) is 9.87. The Bertz CT molecular complexity index is 660. The van der Waals surface area contributed by atoms with E-state index in [2.05, 4.69) is 4.98 Å². The van der Waals surface area contributed by atoms with E-state index >= 15 is 0 Å². The number of nitrogens with one attached hydrogen (secondary N) is 1. The lowest BCUT2D eigenvalue weighted by molar-refractivity contribution is -0.126. The Morgan fingerprint density at radius 2 is 2.14 bits per heavy atom. The van der Waals surface area contributed by atoms with Crippen molar-refractivity contribution in [2.75, 3.05) is 0 Å². The van der Waals surface area contributed by atoms with Crippen molar-refractivity contribution in [1.82, 2.24) is 4.98 Å². The first-order valence-corrected chi connectivity index (χ1v) is 7.07. The second-order valence-corrected chi connectivity index (χ2v) is 5.84. The van der Waals surface area contributed by atoms with E-state index in [1.807, 2.05) is 37.3 Å². The molecule has 0 saturated heterocycles. The molecule has 1 aromatic heterocycles. The van der Waals surface area contributed by atoms with Crippen molar-refractivity contribution >= 4 is 23.5 Å². The minimum atomic E-state index is -0.744. The van der Waals surface area contributed by atoms with Gasteiger partial charge in [-0.25, -0.2) is 0 Å². The number of H-pyrrole nitrogens is 1. The molecular formula is C17H18ClNO2. The Kier molecular flexibility index (Phi) is 4.53. The standard InChI is InChI=1S/C17H18ClNO2/c1-12(8-14-9-13(18)11-19-14)6-4-5-7-15-10-16(20)17(2,3)21-15/h4-11,19H,1-3H3. The molecule has 0 fully saturated rings. The number of rotatable bonds is 4. The van der Waals surface area contributed by atoms with Gasteiger partial charge in [0.05, 0.1) is 5.02 Å². The first-order valence-electron chi connectivity index (χ1n) is 6.69. The van der Waals surface area contributed by atoms with Gasteiger partial charge in [-0.2, -0.15) is 0 Å². The number of aromatic amines is 1. The van der Waals surface area contributed by atoms with Crippen LogP contribution in [0.2, 0.25) is 5.02 Å². The molecular weight excluding hydrogens is 286 g/mol. The summed E-state index contributed by atoms with van der Waals surface area (Å²) in [6, 6.07) is 1.86. The molecule has 3 nitrogen and oxygen atoms in total. The van der Waals surface area contributed by atoms with Crippen LogP contribution in [-0.2, 0) is 9.53 Å². The summed E-state index contributed by atoms with van der Waals surface area (Å²) < 4.78 is 5.52. The average molecular weight is 304 g/mol. The fraction of sp³-hybridized carbons (Fsp3) is 0.235. The van der Waals surface area contributed by atoms with Crippen LogP contribution in [0.3, 0.4) is 0 Å². The van der Waals surface area contributed by atoms with Gasteiger partial charge in [-0.3, -0.25) is 4.79 Å². The van der Waals surface area contributed by atoms with Crippen LogP contribution in [0.5, 0.6) is 0 Å². The molecule has 2 heterocycles. The largest absolute Gasteiger partial charge is 0.480 e. The third kappa shape index (κ3) is 4.23. The van der Waals surface area contributed by atoms with Crippen LogP contribution >= 0.6 is 11.6 Å². The van der Waals surface area contributed by atoms with E-state index in [1.165, 1.54) is 6.08 Å². The van der Waals surface area contributed by atoms with Gasteiger partial charge in [-0.1, -0.05) is 29.8 Å². The monoisotopic (exact) mass is 303 g/mol. The van der Waals surface area contributed by atoms with Gasteiger partial charge in [0.2, 0.25) is 5.78 Å². The van der Waals surface area contributed by atoms with Gasteiger partial charge >= 0.3 is 0 Å². The molecule has 0 amide bonds. The Morgan fingerprint density at radius 3 is 2.71 bits per heavy atom. The summed E-state index contributed by atoms with van der Waals surface area (Å²) in [5.74, 6) is 0.582. The average Bonchev–Trinajstić information content (AvgIpc) is 2.89. The highest BCUT2D eigenvalue weighted by Gasteiger charge is 2.33. The molecule has 1 aliphatic heterocycles. The molecule has 1 aromatic rings. The van der Waals surface area contributed by atoms with Gasteiger partial charge in [0.1, 0.15) is 5.76 Å². The lowest BCUT2D eigenvalue weighted by Crippen LogP contribution is -2.27. The number of ketones is 1. The topological polar surface area (TPSA) is 42.1 Å². The number of carbonyl (C=O) groups is 1.